The van der Waals surface area contributed by atoms with Crippen LogP contribution in [0.1, 0.15) is 0 Å². The van der Waals surface area contributed by atoms with Crippen LogP contribution in [-0.4, -0.2) is 44.2 Å². The van der Waals surface area contributed by atoms with Crippen LogP contribution in [0.2, 0.25) is 58.9 Å². The molecule has 1 atom stereocenters. The van der Waals surface area contributed by atoms with Gasteiger partial charge in [-0.2, -0.15) is 0 Å². The molecule has 0 aliphatic heterocycles. The van der Waals surface area contributed by atoms with Crippen molar-refractivity contribution in [2.75, 3.05) is 18.5 Å². The van der Waals surface area contributed by atoms with E-state index in [-0.39, 0.29) is 6.10 Å². The van der Waals surface area contributed by atoms with Gasteiger partial charge in [-0.1, -0.05) is 0 Å². The minimum atomic E-state index is -1.61. The fourth-order valence-electron chi connectivity index (χ4n) is 2.20. The molecule has 1 unspecified atom stereocenters. The van der Waals surface area contributed by atoms with Crippen molar-refractivity contribution < 1.29 is 13.3 Å². The lowest BCUT2D eigenvalue weighted by Crippen LogP contribution is -2.41. The van der Waals surface area contributed by atoms with Gasteiger partial charge in [0.05, 0.1) is 12.7 Å². The molecule has 0 fully saturated rings. The van der Waals surface area contributed by atoms with Gasteiger partial charge >= 0.3 is 0 Å². The van der Waals surface area contributed by atoms with Crippen LogP contribution >= 0.6 is 0 Å². The van der Waals surface area contributed by atoms with Crippen LogP contribution in [0.5, 0.6) is 5.75 Å². The van der Waals surface area contributed by atoms with Crippen molar-refractivity contribution in [2.45, 2.75) is 65.0 Å². The largest absolute Gasteiger partial charge is 0.544 e. The number of nitrogens with one attached hydrogen (secondary N) is 1. The predicted molar refractivity (Wildman–Crippen MR) is 116 cm³/mol. The first-order valence-corrected chi connectivity index (χ1v) is 19.3. The molecule has 0 saturated heterocycles. The van der Waals surface area contributed by atoms with Crippen LogP contribution in [0, 0.1) is 0 Å². The van der Waals surface area contributed by atoms with Crippen molar-refractivity contribution >= 4 is 30.6 Å². The Morgan fingerprint density at radius 1 is 0.800 bits per heavy atom. The van der Waals surface area contributed by atoms with E-state index in [1.165, 1.54) is 0 Å². The summed E-state index contributed by atoms with van der Waals surface area (Å²) in [5.74, 6) is 0.946. The SMILES string of the molecule is C[Si](C)(C)OCC(CNc1ccc(O[Si](C)(C)C)cc1)O[Si](C)(C)C. The summed E-state index contributed by atoms with van der Waals surface area (Å²) >= 11 is 0. The maximum absolute atomic E-state index is 6.30. The predicted octanol–water partition coefficient (Wildman–Crippen LogP) is 5.38. The minimum absolute atomic E-state index is 0.0799. The number of hydrogen-bond acceptors (Lipinski definition) is 4. The molecule has 1 N–H and O–H groups in total. The topological polar surface area (TPSA) is 39.7 Å². The van der Waals surface area contributed by atoms with Crippen molar-refractivity contribution in [1.29, 1.82) is 0 Å². The fourth-order valence-corrected chi connectivity index (χ4v) is 4.88. The van der Waals surface area contributed by atoms with Crippen molar-refractivity contribution in [2.24, 2.45) is 0 Å². The number of benzene rings is 1. The summed E-state index contributed by atoms with van der Waals surface area (Å²) in [6.45, 7) is 21.3. The van der Waals surface area contributed by atoms with Gasteiger partial charge < -0.3 is 18.6 Å². The Labute approximate surface area is 157 Å². The van der Waals surface area contributed by atoms with Crippen LogP contribution in [0.3, 0.4) is 0 Å². The molecule has 7 heteroatoms. The lowest BCUT2D eigenvalue weighted by atomic mass is 10.3. The Morgan fingerprint density at radius 2 is 1.36 bits per heavy atom. The molecule has 0 aliphatic carbocycles. The zero-order chi connectivity index (χ0) is 19.3. The standard InChI is InChI=1S/C18H37NO3Si3/c1-23(2,3)20-15-18(22-25(7,8)9)14-19-16-10-12-17(13-11-16)21-24(4,5)6/h10-13,18-19H,14-15H2,1-9H3. The molecular weight excluding hydrogens is 362 g/mol. The molecule has 0 amide bonds. The highest BCUT2D eigenvalue weighted by Crippen LogP contribution is 2.20. The monoisotopic (exact) mass is 399 g/mol. The summed E-state index contributed by atoms with van der Waals surface area (Å²) in [6.07, 6.45) is 0.0799. The van der Waals surface area contributed by atoms with Crippen LogP contribution in [0.4, 0.5) is 5.69 Å². The third kappa shape index (κ3) is 11.6. The summed E-state index contributed by atoms with van der Waals surface area (Å²) in [7, 11) is -4.71. The summed E-state index contributed by atoms with van der Waals surface area (Å²) in [6, 6.07) is 8.21. The van der Waals surface area contributed by atoms with Gasteiger partial charge in [0.2, 0.25) is 8.32 Å². The highest BCUT2D eigenvalue weighted by atomic mass is 28.4. The Balaban J connectivity index is 2.62. The second-order valence-electron chi connectivity index (χ2n) is 9.40. The Hall–Kier alpha value is -0.609. The van der Waals surface area contributed by atoms with Crippen LogP contribution in [-0.2, 0) is 8.85 Å². The summed E-state index contributed by atoms with van der Waals surface area (Å²) in [4.78, 5) is 0. The van der Waals surface area contributed by atoms with E-state index in [0.29, 0.717) is 6.61 Å². The van der Waals surface area contributed by atoms with E-state index in [1.807, 2.05) is 12.1 Å². The highest BCUT2D eigenvalue weighted by molar-refractivity contribution is 6.70. The molecule has 0 saturated carbocycles. The maximum Gasteiger partial charge on any atom is 0.242 e. The van der Waals surface area contributed by atoms with Gasteiger partial charge in [0.1, 0.15) is 5.75 Å². The summed E-state index contributed by atoms with van der Waals surface area (Å²) in [5, 5.41) is 3.48. The lowest BCUT2D eigenvalue weighted by molar-refractivity contribution is 0.128. The second kappa shape index (κ2) is 8.86. The summed E-state index contributed by atoms with van der Waals surface area (Å²) in [5.41, 5.74) is 1.08. The zero-order valence-electron chi connectivity index (χ0n) is 17.5. The van der Waals surface area contributed by atoms with Gasteiger partial charge in [0, 0.05) is 12.2 Å². The molecular formula is C18H37NO3Si3. The molecule has 0 aromatic heterocycles. The van der Waals surface area contributed by atoms with E-state index in [4.69, 9.17) is 13.3 Å². The Morgan fingerprint density at radius 3 is 1.80 bits per heavy atom. The lowest BCUT2D eigenvalue weighted by Gasteiger charge is -2.29. The molecule has 25 heavy (non-hydrogen) atoms. The molecule has 0 radical (unpaired) electrons. The van der Waals surface area contributed by atoms with Crippen molar-refractivity contribution in [1.82, 2.24) is 0 Å². The third-order valence-electron chi connectivity index (χ3n) is 3.03. The number of rotatable bonds is 10. The molecule has 144 valence electrons. The van der Waals surface area contributed by atoms with Crippen LogP contribution < -0.4 is 9.74 Å². The summed E-state index contributed by atoms with van der Waals surface area (Å²) < 4.78 is 18.4. The molecule has 0 aliphatic rings. The molecule has 4 nitrogen and oxygen atoms in total. The quantitative estimate of drug-likeness (QED) is 0.536. The van der Waals surface area contributed by atoms with E-state index in [2.05, 4.69) is 76.4 Å². The third-order valence-corrected chi connectivity index (χ3v) is 5.96. The molecule has 0 heterocycles. The first kappa shape index (κ1) is 22.4. The van der Waals surface area contributed by atoms with Gasteiger partial charge in [-0.15, -0.1) is 0 Å². The van der Waals surface area contributed by atoms with Gasteiger partial charge in [0.25, 0.3) is 0 Å². The van der Waals surface area contributed by atoms with Crippen LogP contribution in [0.15, 0.2) is 24.3 Å². The molecule has 0 spiro atoms. The van der Waals surface area contributed by atoms with Gasteiger partial charge in [-0.25, -0.2) is 0 Å². The van der Waals surface area contributed by atoms with Crippen LogP contribution in [0.25, 0.3) is 0 Å². The van der Waals surface area contributed by atoms with E-state index >= 15 is 0 Å². The van der Waals surface area contributed by atoms with E-state index < -0.39 is 25.0 Å². The van der Waals surface area contributed by atoms with E-state index in [9.17, 15) is 0 Å². The first-order valence-electron chi connectivity index (χ1n) is 9.08. The average Bonchev–Trinajstić information content (AvgIpc) is 2.39. The fraction of sp³-hybridized carbons (Fsp3) is 0.667. The van der Waals surface area contributed by atoms with Gasteiger partial charge in [0.15, 0.2) is 16.6 Å². The Bertz CT molecular complexity index is 516. The maximum atomic E-state index is 6.30. The van der Waals surface area contributed by atoms with Gasteiger partial charge in [-0.05, 0) is 83.2 Å². The van der Waals surface area contributed by atoms with Gasteiger partial charge in [-0.3, -0.25) is 0 Å². The van der Waals surface area contributed by atoms with E-state index in [1.54, 1.807) is 0 Å². The average molecular weight is 400 g/mol. The van der Waals surface area contributed by atoms with Crippen molar-refractivity contribution in [3.05, 3.63) is 24.3 Å². The highest BCUT2D eigenvalue weighted by Gasteiger charge is 2.24. The second-order valence-corrected chi connectivity index (χ2v) is 22.8. The molecule has 1 aromatic carbocycles. The number of hydrogen-bond donors (Lipinski definition) is 1. The smallest absolute Gasteiger partial charge is 0.242 e. The molecule has 1 rings (SSSR count). The molecule has 0 bridgehead atoms. The first-order chi connectivity index (χ1) is 11.2. The Kier molecular flexibility index (Phi) is 7.95. The molecule has 1 aromatic rings. The van der Waals surface area contributed by atoms with E-state index in [0.717, 1.165) is 18.0 Å². The van der Waals surface area contributed by atoms with Crippen molar-refractivity contribution in [3.63, 3.8) is 0 Å². The van der Waals surface area contributed by atoms with Crippen molar-refractivity contribution in [3.8, 4) is 5.75 Å². The number of anilines is 1. The normalized spacial score (nSPS) is 14.3. The minimum Gasteiger partial charge on any atom is -0.544 e. The zero-order valence-corrected chi connectivity index (χ0v) is 20.5.